The van der Waals surface area contributed by atoms with Gasteiger partial charge >= 0.3 is 0 Å². The molecule has 5 rings (SSSR count). The Morgan fingerprint density at radius 2 is 1.92 bits per heavy atom. The first-order valence-electron chi connectivity index (χ1n) is 12.7. The molecule has 8 heteroatoms. The molecule has 1 N–H and O–H groups in total. The lowest BCUT2D eigenvalue weighted by atomic mass is 10.1. The van der Waals surface area contributed by atoms with Crippen LogP contribution >= 0.6 is 0 Å². The second kappa shape index (κ2) is 10.6. The zero-order valence-corrected chi connectivity index (χ0v) is 21.6. The fourth-order valence-corrected chi connectivity index (χ4v) is 6.48. The molecule has 1 aromatic heterocycles. The van der Waals surface area contributed by atoms with Crippen molar-refractivity contribution in [3.8, 4) is 0 Å². The van der Waals surface area contributed by atoms with E-state index in [1.807, 2.05) is 24.3 Å². The summed E-state index contributed by atoms with van der Waals surface area (Å²) >= 11 is 0. The fraction of sp³-hybridized carbons (Fsp3) is 0.393. The molecule has 36 heavy (non-hydrogen) atoms. The van der Waals surface area contributed by atoms with Gasteiger partial charge in [-0.1, -0.05) is 36.9 Å². The van der Waals surface area contributed by atoms with Crippen molar-refractivity contribution in [2.75, 3.05) is 37.5 Å². The van der Waals surface area contributed by atoms with Crippen molar-refractivity contribution < 1.29 is 13.2 Å². The number of piperazine rings is 1. The number of nitrogens with zero attached hydrogens (tertiary/aromatic N) is 3. The number of hydrogen-bond donors (Lipinski definition) is 1. The molecule has 3 heterocycles. The number of aromatic nitrogens is 1. The molecule has 2 aliphatic heterocycles. The number of anilines is 1. The summed E-state index contributed by atoms with van der Waals surface area (Å²) in [6.07, 6.45) is 5.57. The van der Waals surface area contributed by atoms with Crippen LogP contribution in [0.25, 0.3) is 16.6 Å². The van der Waals surface area contributed by atoms with Gasteiger partial charge in [0, 0.05) is 61.8 Å². The highest BCUT2D eigenvalue weighted by molar-refractivity contribution is 7.93. The third-order valence-electron chi connectivity index (χ3n) is 7.15. The SMILES string of the molecule is C=C(c1ccc(NS(=O)(=O)c2cccc3cccnc23)cc1)N1CCN(CC2CCCCO2)C[C@@H]1C. The summed E-state index contributed by atoms with van der Waals surface area (Å²) in [6, 6.07) is 16.6. The molecule has 0 spiro atoms. The van der Waals surface area contributed by atoms with Gasteiger partial charge in [0.1, 0.15) is 4.90 Å². The van der Waals surface area contributed by atoms with E-state index in [1.165, 1.54) is 12.8 Å². The molecule has 7 nitrogen and oxygen atoms in total. The molecule has 3 aromatic rings. The van der Waals surface area contributed by atoms with E-state index in [-0.39, 0.29) is 4.90 Å². The molecule has 0 radical (unpaired) electrons. The Balaban J connectivity index is 1.23. The monoisotopic (exact) mass is 506 g/mol. The standard InChI is InChI=1S/C28H34N4O3S/c1-21-19-31(20-26-9-3-4-18-35-26)16-17-32(21)22(2)23-11-13-25(14-12-23)30-36(33,34)27-10-5-7-24-8-6-15-29-28(24)27/h5-8,10-15,21,26,30H,2-4,9,16-20H2,1H3/t21-,26?/m0/s1. The highest BCUT2D eigenvalue weighted by atomic mass is 32.2. The normalized spacial score (nSPS) is 21.4. The minimum absolute atomic E-state index is 0.166. The quantitative estimate of drug-likeness (QED) is 0.506. The van der Waals surface area contributed by atoms with Crippen molar-refractivity contribution in [1.82, 2.24) is 14.8 Å². The molecule has 0 bridgehead atoms. The minimum Gasteiger partial charge on any atom is -0.377 e. The first-order chi connectivity index (χ1) is 17.4. The van der Waals surface area contributed by atoms with Crippen LogP contribution in [-0.2, 0) is 14.8 Å². The molecular weight excluding hydrogens is 472 g/mol. The number of hydrogen-bond acceptors (Lipinski definition) is 6. The van der Waals surface area contributed by atoms with Gasteiger partial charge in [0.25, 0.3) is 10.0 Å². The lowest BCUT2D eigenvalue weighted by molar-refractivity contribution is -0.0157. The Labute approximate surface area is 213 Å². The second-order valence-corrected chi connectivity index (χ2v) is 11.4. The van der Waals surface area contributed by atoms with Gasteiger partial charge in [-0.15, -0.1) is 0 Å². The topological polar surface area (TPSA) is 74.8 Å². The molecule has 2 fully saturated rings. The van der Waals surface area contributed by atoms with Gasteiger partial charge in [0.2, 0.25) is 0 Å². The summed E-state index contributed by atoms with van der Waals surface area (Å²) in [5, 5.41) is 0.785. The van der Waals surface area contributed by atoms with Crippen LogP contribution in [-0.4, -0.2) is 68.1 Å². The lowest BCUT2D eigenvalue weighted by Gasteiger charge is -2.43. The average molecular weight is 507 g/mol. The summed E-state index contributed by atoms with van der Waals surface area (Å²) < 4.78 is 34.8. The van der Waals surface area contributed by atoms with Crippen LogP contribution in [0, 0.1) is 0 Å². The molecule has 2 atom stereocenters. The van der Waals surface area contributed by atoms with Crippen molar-refractivity contribution in [3.63, 3.8) is 0 Å². The Morgan fingerprint density at radius 1 is 1.11 bits per heavy atom. The van der Waals surface area contributed by atoms with Gasteiger partial charge in [-0.05, 0) is 56.0 Å². The van der Waals surface area contributed by atoms with Crippen LogP contribution in [0.15, 0.2) is 72.3 Å². The van der Waals surface area contributed by atoms with Crippen molar-refractivity contribution in [2.24, 2.45) is 0 Å². The summed E-state index contributed by atoms with van der Waals surface area (Å²) in [5.41, 5.74) is 2.91. The van der Waals surface area contributed by atoms with Crippen LogP contribution in [0.1, 0.15) is 31.7 Å². The molecule has 0 saturated carbocycles. The minimum atomic E-state index is -3.78. The number of sulfonamides is 1. The summed E-state index contributed by atoms with van der Waals surface area (Å²) in [4.78, 5) is 9.29. The number of pyridine rings is 1. The molecule has 2 saturated heterocycles. The first kappa shape index (κ1) is 24.7. The van der Waals surface area contributed by atoms with Crippen molar-refractivity contribution in [1.29, 1.82) is 0 Å². The van der Waals surface area contributed by atoms with Crippen molar-refractivity contribution in [2.45, 2.75) is 43.2 Å². The van der Waals surface area contributed by atoms with Crippen LogP contribution in [0.5, 0.6) is 0 Å². The van der Waals surface area contributed by atoms with E-state index >= 15 is 0 Å². The van der Waals surface area contributed by atoms with Gasteiger partial charge in [-0.3, -0.25) is 14.6 Å². The maximum absolute atomic E-state index is 13.1. The molecule has 1 unspecified atom stereocenters. The molecule has 2 aromatic carbocycles. The van der Waals surface area contributed by atoms with Crippen LogP contribution in [0.2, 0.25) is 0 Å². The Kier molecular flexibility index (Phi) is 7.27. The summed E-state index contributed by atoms with van der Waals surface area (Å²) in [7, 11) is -3.78. The van der Waals surface area contributed by atoms with E-state index in [1.54, 1.807) is 36.5 Å². The Bertz CT molecular complexity index is 1310. The van der Waals surface area contributed by atoms with Crippen molar-refractivity contribution >= 4 is 32.3 Å². The summed E-state index contributed by atoms with van der Waals surface area (Å²) in [6.45, 7) is 11.4. The molecule has 0 amide bonds. The van der Waals surface area contributed by atoms with Crippen molar-refractivity contribution in [3.05, 3.63) is 72.9 Å². The second-order valence-electron chi connectivity index (χ2n) is 9.75. The Morgan fingerprint density at radius 3 is 2.67 bits per heavy atom. The highest BCUT2D eigenvalue weighted by Gasteiger charge is 2.27. The average Bonchev–Trinajstić information content (AvgIpc) is 2.89. The number of ether oxygens (including phenoxy) is 1. The third kappa shape index (κ3) is 5.40. The molecule has 190 valence electrons. The predicted molar refractivity (Wildman–Crippen MR) is 144 cm³/mol. The van der Waals surface area contributed by atoms with E-state index < -0.39 is 10.0 Å². The first-order valence-corrected chi connectivity index (χ1v) is 14.2. The fourth-order valence-electron chi connectivity index (χ4n) is 5.24. The molecular formula is C28H34N4O3S. The number of rotatable bonds is 7. The largest absolute Gasteiger partial charge is 0.377 e. The zero-order valence-electron chi connectivity index (χ0n) is 20.8. The van der Waals surface area contributed by atoms with Crippen LogP contribution in [0.3, 0.4) is 0 Å². The maximum atomic E-state index is 13.1. The smallest absolute Gasteiger partial charge is 0.264 e. The highest BCUT2D eigenvalue weighted by Crippen LogP contribution is 2.27. The molecule has 0 aliphatic carbocycles. The number of benzene rings is 2. The van der Waals surface area contributed by atoms with E-state index in [0.717, 1.165) is 55.9 Å². The number of nitrogens with one attached hydrogen (secondary N) is 1. The Hall–Kier alpha value is -2.94. The number of para-hydroxylation sites is 1. The number of fused-ring (bicyclic) bond motifs is 1. The predicted octanol–water partition coefficient (Wildman–Crippen LogP) is 4.58. The zero-order chi connectivity index (χ0) is 25.1. The van der Waals surface area contributed by atoms with Gasteiger partial charge in [-0.25, -0.2) is 8.42 Å². The molecule has 2 aliphatic rings. The van der Waals surface area contributed by atoms with E-state index in [0.29, 0.717) is 23.3 Å². The van der Waals surface area contributed by atoms with E-state index in [4.69, 9.17) is 4.74 Å². The third-order valence-corrected chi connectivity index (χ3v) is 8.56. The summed E-state index contributed by atoms with van der Waals surface area (Å²) in [5.74, 6) is 0. The van der Waals surface area contributed by atoms with Crippen LogP contribution in [0.4, 0.5) is 5.69 Å². The van der Waals surface area contributed by atoms with E-state index in [2.05, 4.69) is 33.0 Å². The van der Waals surface area contributed by atoms with Gasteiger partial charge in [-0.2, -0.15) is 0 Å². The van der Waals surface area contributed by atoms with E-state index in [9.17, 15) is 8.42 Å². The van der Waals surface area contributed by atoms with Crippen LogP contribution < -0.4 is 4.72 Å². The lowest BCUT2D eigenvalue weighted by Crippen LogP contribution is -2.52. The van der Waals surface area contributed by atoms with Gasteiger partial charge in [0.05, 0.1) is 11.6 Å². The van der Waals surface area contributed by atoms with Gasteiger partial charge < -0.3 is 9.64 Å². The van der Waals surface area contributed by atoms with Gasteiger partial charge in [0.15, 0.2) is 0 Å². The maximum Gasteiger partial charge on any atom is 0.264 e.